The molecule has 156 valence electrons. The zero-order chi connectivity index (χ0) is 20.9. The molecule has 6 nitrogen and oxygen atoms in total. The number of benzene rings is 2. The molecule has 2 aromatic carbocycles. The highest BCUT2D eigenvalue weighted by Crippen LogP contribution is 2.24. The molecule has 0 radical (unpaired) electrons. The summed E-state index contributed by atoms with van der Waals surface area (Å²) >= 11 is 0. The lowest BCUT2D eigenvalue weighted by atomic mass is 9.98. The van der Waals surface area contributed by atoms with E-state index >= 15 is 0 Å². The van der Waals surface area contributed by atoms with Crippen LogP contribution < -0.4 is 10.1 Å². The van der Waals surface area contributed by atoms with Crippen LogP contribution in [-0.2, 0) is 14.8 Å². The zero-order valence-electron chi connectivity index (χ0n) is 16.9. The number of aryl methyl sites for hydroxylation is 1. The van der Waals surface area contributed by atoms with Crippen LogP contribution in [0.4, 0.5) is 0 Å². The van der Waals surface area contributed by atoms with Crippen molar-refractivity contribution in [2.75, 3.05) is 19.7 Å². The predicted molar refractivity (Wildman–Crippen MR) is 112 cm³/mol. The Morgan fingerprint density at radius 1 is 1.17 bits per heavy atom. The first-order valence-electron chi connectivity index (χ1n) is 9.92. The van der Waals surface area contributed by atoms with Crippen molar-refractivity contribution in [1.82, 2.24) is 9.62 Å². The van der Waals surface area contributed by atoms with Crippen molar-refractivity contribution >= 4 is 15.9 Å². The molecule has 3 rings (SSSR count). The molecular formula is C22H28N2O4S. The number of carbonyl (C=O) groups is 1. The van der Waals surface area contributed by atoms with Crippen LogP contribution in [0.25, 0.3) is 0 Å². The fourth-order valence-corrected chi connectivity index (χ4v) is 5.00. The van der Waals surface area contributed by atoms with E-state index in [0.717, 1.165) is 11.3 Å². The minimum absolute atomic E-state index is 0.126. The van der Waals surface area contributed by atoms with Gasteiger partial charge in [-0.25, -0.2) is 8.42 Å². The van der Waals surface area contributed by atoms with Crippen LogP contribution in [-0.4, -0.2) is 44.4 Å². The number of amides is 1. The van der Waals surface area contributed by atoms with Gasteiger partial charge in [0.1, 0.15) is 12.4 Å². The molecule has 1 heterocycles. The van der Waals surface area contributed by atoms with Gasteiger partial charge in [0.2, 0.25) is 15.9 Å². The molecule has 0 aromatic heterocycles. The lowest BCUT2D eigenvalue weighted by molar-refractivity contribution is -0.126. The van der Waals surface area contributed by atoms with E-state index in [1.165, 1.54) is 4.31 Å². The Hall–Kier alpha value is -2.38. The van der Waals surface area contributed by atoms with Crippen molar-refractivity contribution in [3.63, 3.8) is 0 Å². The molecule has 0 aliphatic carbocycles. The first kappa shape index (κ1) is 21.3. The van der Waals surface area contributed by atoms with E-state index in [9.17, 15) is 13.2 Å². The summed E-state index contributed by atoms with van der Waals surface area (Å²) in [5, 5.41) is 2.97. The predicted octanol–water partition coefficient (Wildman–Crippen LogP) is 2.98. The van der Waals surface area contributed by atoms with Crippen LogP contribution in [0.1, 0.15) is 25.3 Å². The monoisotopic (exact) mass is 416 g/mol. The maximum atomic E-state index is 12.8. The minimum Gasteiger partial charge on any atom is -0.491 e. The summed E-state index contributed by atoms with van der Waals surface area (Å²) in [5.74, 6) is 0.313. The van der Waals surface area contributed by atoms with Crippen molar-refractivity contribution in [2.24, 2.45) is 5.92 Å². The number of nitrogens with one attached hydrogen (secondary N) is 1. The fourth-order valence-electron chi connectivity index (χ4n) is 3.45. The Bertz CT molecular complexity index is 931. The highest BCUT2D eigenvalue weighted by Gasteiger charge is 2.33. The third-order valence-corrected chi connectivity index (χ3v) is 6.99. The van der Waals surface area contributed by atoms with Gasteiger partial charge in [0.25, 0.3) is 0 Å². The lowest BCUT2D eigenvalue weighted by Gasteiger charge is -2.31. The van der Waals surface area contributed by atoms with Crippen molar-refractivity contribution < 1.29 is 17.9 Å². The number of sulfonamides is 1. The van der Waals surface area contributed by atoms with Gasteiger partial charge in [-0.1, -0.05) is 36.4 Å². The second-order valence-electron chi connectivity index (χ2n) is 7.50. The number of ether oxygens (including phenoxy) is 1. The number of hydrogen-bond donors (Lipinski definition) is 1. The smallest absolute Gasteiger partial charge is 0.243 e. The minimum atomic E-state index is -3.58. The Labute approximate surface area is 172 Å². The molecule has 1 N–H and O–H groups in total. The van der Waals surface area contributed by atoms with E-state index < -0.39 is 10.0 Å². The second-order valence-corrected chi connectivity index (χ2v) is 9.44. The summed E-state index contributed by atoms with van der Waals surface area (Å²) in [7, 11) is -3.58. The number of carbonyl (C=O) groups excluding carboxylic acids is 1. The average Bonchev–Trinajstić information content (AvgIpc) is 2.74. The van der Waals surface area contributed by atoms with Crippen LogP contribution in [0.5, 0.6) is 5.75 Å². The summed E-state index contributed by atoms with van der Waals surface area (Å²) in [6, 6.07) is 15.9. The summed E-state index contributed by atoms with van der Waals surface area (Å²) in [4.78, 5) is 13.0. The van der Waals surface area contributed by atoms with Crippen LogP contribution >= 0.6 is 0 Å². The van der Waals surface area contributed by atoms with E-state index in [1.807, 2.05) is 38.1 Å². The fraction of sp³-hybridized carbons (Fsp3) is 0.409. The van der Waals surface area contributed by atoms with E-state index in [2.05, 4.69) is 5.32 Å². The van der Waals surface area contributed by atoms with Crippen LogP contribution in [0.2, 0.25) is 0 Å². The van der Waals surface area contributed by atoms with E-state index in [4.69, 9.17) is 4.74 Å². The normalized spacial score (nSPS) is 18.8. The van der Waals surface area contributed by atoms with Gasteiger partial charge in [-0.15, -0.1) is 0 Å². The van der Waals surface area contributed by atoms with Gasteiger partial charge < -0.3 is 10.1 Å². The van der Waals surface area contributed by atoms with Gasteiger partial charge in [-0.2, -0.15) is 4.31 Å². The SMILES string of the molecule is Cc1ccccc1OC[C@@H](C)NC(=O)[C@@H]1CCCN(S(=O)(=O)c2ccccc2)C1. The Morgan fingerprint density at radius 2 is 1.86 bits per heavy atom. The number of piperidine rings is 1. The van der Waals surface area contributed by atoms with Crippen LogP contribution in [0.15, 0.2) is 59.5 Å². The molecule has 7 heteroatoms. The highest BCUT2D eigenvalue weighted by atomic mass is 32.2. The number of nitrogens with zero attached hydrogens (tertiary/aromatic N) is 1. The molecule has 1 saturated heterocycles. The van der Waals surface area contributed by atoms with Gasteiger partial charge >= 0.3 is 0 Å². The topological polar surface area (TPSA) is 75.7 Å². The molecular weight excluding hydrogens is 388 g/mol. The third kappa shape index (κ3) is 5.36. The van der Waals surface area contributed by atoms with E-state index in [0.29, 0.717) is 26.0 Å². The van der Waals surface area contributed by atoms with Gasteiger partial charge in [-0.3, -0.25) is 4.79 Å². The van der Waals surface area contributed by atoms with Crippen LogP contribution in [0, 0.1) is 12.8 Å². The Kier molecular flexibility index (Phi) is 6.92. The molecule has 0 spiro atoms. The summed E-state index contributed by atoms with van der Waals surface area (Å²) in [6.45, 7) is 4.86. The molecule has 2 atom stereocenters. The Balaban J connectivity index is 1.56. The Morgan fingerprint density at radius 3 is 2.59 bits per heavy atom. The maximum Gasteiger partial charge on any atom is 0.243 e. The second kappa shape index (κ2) is 9.41. The first-order valence-corrected chi connectivity index (χ1v) is 11.4. The number of para-hydroxylation sites is 1. The van der Waals surface area contributed by atoms with Crippen LogP contribution in [0.3, 0.4) is 0 Å². The zero-order valence-corrected chi connectivity index (χ0v) is 17.7. The van der Waals surface area contributed by atoms with Crippen molar-refractivity contribution in [3.8, 4) is 5.75 Å². The summed E-state index contributed by atoms with van der Waals surface area (Å²) < 4.78 is 32.9. The van der Waals surface area contributed by atoms with Gasteiger partial charge in [0, 0.05) is 13.1 Å². The molecule has 0 unspecified atom stereocenters. The molecule has 1 fully saturated rings. The molecule has 29 heavy (non-hydrogen) atoms. The number of hydrogen-bond acceptors (Lipinski definition) is 4. The van der Waals surface area contributed by atoms with Gasteiger partial charge in [0.15, 0.2) is 0 Å². The summed E-state index contributed by atoms with van der Waals surface area (Å²) in [6.07, 6.45) is 1.34. The average molecular weight is 417 g/mol. The molecule has 1 aliphatic heterocycles. The van der Waals surface area contributed by atoms with Crippen molar-refractivity contribution in [2.45, 2.75) is 37.6 Å². The highest BCUT2D eigenvalue weighted by molar-refractivity contribution is 7.89. The molecule has 0 saturated carbocycles. The number of rotatable bonds is 7. The maximum absolute atomic E-state index is 12.8. The van der Waals surface area contributed by atoms with Crippen molar-refractivity contribution in [1.29, 1.82) is 0 Å². The molecule has 1 amide bonds. The lowest BCUT2D eigenvalue weighted by Crippen LogP contribution is -2.48. The summed E-state index contributed by atoms with van der Waals surface area (Å²) in [5.41, 5.74) is 1.04. The quantitative estimate of drug-likeness (QED) is 0.753. The standard InChI is InChI=1S/C22H28N2O4S/c1-17-9-6-7-13-21(17)28-16-18(2)23-22(25)19-10-8-14-24(15-19)29(26,27)20-11-4-3-5-12-20/h3-7,9,11-13,18-19H,8,10,14-16H2,1-2H3,(H,23,25)/t18-,19-/m1/s1. The van der Waals surface area contributed by atoms with Gasteiger partial charge in [-0.05, 0) is 50.5 Å². The third-order valence-electron chi connectivity index (χ3n) is 5.11. The molecule has 1 aliphatic rings. The first-order chi connectivity index (χ1) is 13.9. The molecule has 2 aromatic rings. The van der Waals surface area contributed by atoms with Crippen molar-refractivity contribution in [3.05, 3.63) is 60.2 Å². The van der Waals surface area contributed by atoms with E-state index in [-0.39, 0.29) is 29.3 Å². The largest absolute Gasteiger partial charge is 0.491 e. The van der Waals surface area contributed by atoms with E-state index in [1.54, 1.807) is 30.3 Å². The molecule has 0 bridgehead atoms. The van der Waals surface area contributed by atoms with Gasteiger partial charge in [0.05, 0.1) is 16.9 Å².